The van der Waals surface area contributed by atoms with E-state index < -0.39 is 0 Å². The molecule has 0 radical (unpaired) electrons. The van der Waals surface area contributed by atoms with Crippen LogP contribution in [-0.2, 0) is 0 Å². The molecule has 1 atom stereocenters. The largest absolute Gasteiger partial charge is 0.296 e. The van der Waals surface area contributed by atoms with Crippen LogP contribution in [-0.4, -0.2) is 24.0 Å². The van der Waals surface area contributed by atoms with Gasteiger partial charge in [-0.25, -0.2) is 0 Å². The molecule has 2 aliphatic rings. The van der Waals surface area contributed by atoms with Gasteiger partial charge in [0.2, 0.25) is 0 Å². The third-order valence-electron chi connectivity index (χ3n) is 2.92. The highest BCUT2D eigenvalue weighted by atomic mass is 15.2. The van der Waals surface area contributed by atoms with E-state index in [2.05, 4.69) is 24.0 Å². The number of hydrogen-bond acceptors (Lipinski definition) is 1. The van der Waals surface area contributed by atoms with Crippen LogP contribution in [0.4, 0.5) is 0 Å². The predicted octanol–water partition coefficient (Wildman–Crippen LogP) is 2.05. The molecule has 0 saturated heterocycles. The second-order valence-corrected chi connectivity index (χ2v) is 3.94. The number of hydrogen-bond donors (Lipinski definition) is 0. The Labute approximate surface area is 69.1 Å². The van der Waals surface area contributed by atoms with Gasteiger partial charge in [-0.05, 0) is 18.8 Å². The Hall–Kier alpha value is -0.300. The lowest BCUT2D eigenvalue weighted by Crippen LogP contribution is -2.43. The molecule has 0 bridgehead atoms. The van der Waals surface area contributed by atoms with Crippen LogP contribution in [0.2, 0.25) is 0 Å². The minimum Gasteiger partial charge on any atom is -0.296 e. The van der Waals surface area contributed by atoms with Crippen LogP contribution >= 0.6 is 0 Å². The standard InChI is InChI=1S/C10H17N/c1-9-4-3-7-11(8-9)10-5-2-6-10/h3-4,9-10H,2,5-8H2,1H3. The van der Waals surface area contributed by atoms with Crippen LogP contribution in [0, 0.1) is 5.92 Å². The Morgan fingerprint density at radius 2 is 2.18 bits per heavy atom. The van der Waals surface area contributed by atoms with Gasteiger partial charge in [0.25, 0.3) is 0 Å². The minimum atomic E-state index is 0.782. The zero-order chi connectivity index (χ0) is 7.68. The quantitative estimate of drug-likeness (QED) is 0.518. The predicted molar refractivity (Wildman–Crippen MR) is 47.5 cm³/mol. The van der Waals surface area contributed by atoms with Crippen molar-refractivity contribution in [3.63, 3.8) is 0 Å². The molecule has 1 aliphatic heterocycles. The van der Waals surface area contributed by atoms with Crippen molar-refractivity contribution < 1.29 is 0 Å². The van der Waals surface area contributed by atoms with Gasteiger partial charge in [-0.3, -0.25) is 4.90 Å². The second kappa shape index (κ2) is 2.98. The smallest absolute Gasteiger partial charge is 0.0166 e. The summed E-state index contributed by atoms with van der Waals surface area (Å²) < 4.78 is 0. The maximum Gasteiger partial charge on any atom is 0.0166 e. The van der Waals surface area contributed by atoms with Crippen LogP contribution in [0.25, 0.3) is 0 Å². The second-order valence-electron chi connectivity index (χ2n) is 3.94. The fourth-order valence-corrected chi connectivity index (χ4v) is 1.98. The summed E-state index contributed by atoms with van der Waals surface area (Å²) in [5, 5.41) is 0. The first-order valence-corrected chi connectivity index (χ1v) is 4.77. The van der Waals surface area contributed by atoms with Gasteiger partial charge < -0.3 is 0 Å². The fraction of sp³-hybridized carbons (Fsp3) is 0.800. The van der Waals surface area contributed by atoms with E-state index in [9.17, 15) is 0 Å². The number of rotatable bonds is 1. The van der Waals surface area contributed by atoms with E-state index in [1.54, 1.807) is 0 Å². The molecule has 0 aromatic rings. The van der Waals surface area contributed by atoms with Crippen molar-refractivity contribution in [1.29, 1.82) is 0 Å². The van der Waals surface area contributed by atoms with Crippen molar-refractivity contribution in [2.75, 3.05) is 13.1 Å². The molecular weight excluding hydrogens is 134 g/mol. The molecule has 1 nitrogen and oxygen atoms in total. The highest BCUT2D eigenvalue weighted by molar-refractivity contribution is 4.98. The molecule has 0 N–H and O–H groups in total. The maximum atomic E-state index is 2.63. The van der Waals surface area contributed by atoms with E-state index in [-0.39, 0.29) is 0 Å². The monoisotopic (exact) mass is 151 g/mol. The average molecular weight is 151 g/mol. The van der Waals surface area contributed by atoms with E-state index in [1.165, 1.54) is 32.4 Å². The molecule has 1 fully saturated rings. The highest BCUT2D eigenvalue weighted by Crippen LogP contribution is 2.26. The molecule has 11 heavy (non-hydrogen) atoms. The molecule has 1 aliphatic carbocycles. The molecule has 2 rings (SSSR count). The first-order valence-electron chi connectivity index (χ1n) is 4.77. The molecule has 1 heterocycles. The zero-order valence-electron chi connectivity index (χ0n) is 7.29. The van der Waals surface area contributed by atoms with Crippen LogP contribution < -0.4 is 0 Å². The molecule has 0 amide bonds. The van der Waals surface area contributed by atoms with Crippen LogP contribution in [0.1, 0.15) is 26.2 Å². The molecule has 62 valence electrons. The Balaban J connectivity index is 1.89. The molecule has 0 spiro atoms. The van der Waals surface area contributed by atoms with Crippen molar-refractivity contribution in [3.8, 4) is 0 Å². The summed E-state index contributed by atoms with van der Waals surface area (Å²) in [4.78, 5) is 2.63. The third kappa shape index (κ3) is 1.48. The van der Waals surface area contributed by atoms with Gasteiger partial charge in [0.1, 0.15) is 0 Å². The van der Waals surface area contributed by atoms with E-state index in [4.69, 9.17) is 0 Å². The lowest BCUT2D eigenvalue weighted by Gasteiger charge is -2.39. The summed E-state index contributed by atoms with van der Waals surface area (Å²) in [7, 11) is 0. The molecular formula is C10H17N. The van der Waals surface area contributed by atoms with Gasteiger partial charge in [-0.2, -0.15) is 0 Å². The van der Waals surface area contributed by atoms with E-state index in [0.717, 1.165) is 12.0 Å². The van der Waals surface area contributed by atoms with Gasteiger partial charge >= 0.3 is 0 Å². The molecule has 0 aromatic carbocycles. The van der Waals surface area contributed by atoms with Crippen LogP contribution in [0.15, 0.2) is 12.2 Å². The van der Waals surface area contributed by atoms with Crippen molar-refractivity contribution >= 4 is 0 Å². The Kier molecular flexibility index (Phi) is 1.99. The fourth-order valence-electron chi connectivity index (χ4n) is 1.98. The Morgan fingerprint density at radius 1 is 1.36 bits per heavy atom. The van der Waals surface area contributed by atoms with E-state index >= 15 is 0 Å². The van der Waals surface area contributed by atoms with Crippen LogP contribution in [0.3, 0.4) is 0 Å². The van der Waals surface area contributed by atoms with Crippen molar-refractivity contribution in [1.82, 2.24) is 4.90 Å². The van der Waals surface area contributed by atoms with Crippen molar-refractivity contribution in [2.24, 2.45) is 5.92 Å². The van der Waals surface area contributed by atoms with Gasteiger partial charge in [-0.15, -0.1) is 0 Å². The highest BCUT2D eigenvalue weighted by Gasteiger charge is 2.25. The van der Waals surface area contributed by atoms with E-state index in [1.807, 2.05) is 0 Å². The zero-order valence-corrected chi connectivity index (χ0v) is 7.29. The maximum absolute atomic E-state index is 2.63. The average Bonchev–Trinajstić information content (AvgIpc) is 1.83. The topological polar surface area (TPSA) is 3.24 Å². The van der Waals surface area contributed by atoms with Crippen molar-refractivity contribution in [3.05, 3.63) is 12.2 Å². The summed E-state index contributed by atoms with van der Waals surface area (Å²) in [6, 6.07) is 0.933. The normalized spacial score (nSPS) is 33.7. The van der Waals surface area contributed by atoms with Gasteiger partial charge in [0, 0.05) is 19.1 Å². The summed E-state index contributed by atoms with van der Waals surface area (Å²) in [6.45, 7) is 4.80. The Morgan fingerprint density at radius 3 is 2.73 bits per heavy atom. The first-order chi connectivity index (χ1) is 5.36. The summed E-state index contributed by atoms with van der Waals surface area (Å²) >= 11 is 0. The summed E-state index contributed by atoms with van der Waals surface area (Å²) in [5.41, 5.74) is 0. The van der Waals surface area contributed by atoms with Crippen molar-refractivity contribution in [2.45, 2.75) is 32.2 Å². The van der Waals surface area contributed by atoms with Crippen LogP contribution in [0.5, 0.6) is 0 Å². The first kappa shape index (κ1) is 7.35. The van der Waals surface area contributed by atoms with Gasteiger partial charge in [-0.1, -0.05) is 25.5 Å². The summed E-state index contributed by atoms with van der Waals surface area (Å²) in [6.07, 6.45) is 9.02. The molecule has 0 aromatic heterocycles. The lowest BCUT2D eigenvalue weighted by molar-refractivity contribution is 0.125. The lowest BCUT2D eigenvalue weighted by atomic mass is 9.90. The molecule has 1 saturated carbocycles. The molecule has 1 heteroatoms. The Bertz CT molecular complexity index is 158. The van der Waals surface area contributed by atoms with Gasteiger partial charge in [0.15, 0.2) is 0 Å². The summed E-state index contributed by atoms with van der Waals surface area (Å²) in [5.74, 6) is 0.782. The van der Waals surface area contributed by atoms with Gasteiger partial charge in [0.05, 0.1) is 0 Å². The molecule has 1 unspecified atom stereocenters. The minimum absolute atomic E-state index is 0.782. The van der Waals surface area contributed by atoms with E-state index in [0.29, 0.717) is 0 Å². The SMILES string of the molecule is CC1C=CCN(C2CCC2)C1. The third-order valence-corrected chi connectivity index (χ3v) is 2.92. The number of nitrogens with zero attached hydrogens (tertiary/aromatic N) is 1.